The first-order valence-corrected chi connectivity index (χ1v) is 14.4. The first-order valence-electron chi connectivity index (χ1n) is 14.4. The van der Waals surface area contributed by atoms with Gasteiger partial charge >= 0.3 is 5.97 Å². The molecule has 2 saturated heterocycles. The molecule has 5 aliphatic rings. The van der Waals surface area contributed by atoms with Crippen molar-refractivity contribution in [2.75, 3.05) is 0 Å². The zero-order valence-electron chi connectivity index (χ0n) is 23.7. The number of carboxylic acid groups (broad SMARTS) is 1. The van der Waals surface area contributed by atoms with Gasteiger partial charge in [-0.1, -0.05) is 0 Å². The summed E-state index contributed by atoms with van der Waals surface area (Å²) in [7, 11) is 0. The minimum atomic E-state index is -2.08. The smallest absolute Gasteiger partial charge is 0.335 e. The molecule has 16 heteroatoms. The fourth-order valence-electron chi connectivity index (χ4n) is 6.98. The van der Waals surface area contributed by atoms with Crippen LogP contribution in [-0.2, 0) is 27.4 Å². The molecule has 240 valence electrons. The number of hydrogen-bond donors (Lipinski definition) is 5. The Morgan fingerprint density at radius 2 is 1.82 bits per heavy atom. The van der Waals surface area contributed by atoms with Crippen molar-refractivity contribution in [3.63, 3.8) is 0 Å². The van der Waals surface area contributed by atoms with Gasteiger partial charge in [0.25, 0.3) is 11.8 Å². The predicted octanol–water partition coefficient (Wildman–Crippen LogP) is -0.631. The van der Waals surface area contributed by atoms with Crippen molar-refractivity contribution in [3.8, 4) is 5.75 Å². The van der Waals surface area contributed by atoms with Crippen LogP contribution in [-0.4, -0.2) is 96.8 Å². The number of aliphatic hydroxyl groups excluding tert-OH is 3. The van der Waals surface area contributed by atoms with E-state index in [0.29, 0.717) is 12.0 Å². The summed E-state index contributed by atoms with van der Waals surface area (Å²) in [4.78, 5) is 54.3. The van der Waals surface area contributed by atoms with Crippen LogP contribution in [0.1, 0.15) is 51.2 Å². The SMILES string of the molecule is Cc1cc(F)c(CNC(=O)c2cn3c(c(O[C@@H]4O[C@H](C(=O)O)[C@@H](O)[C@H](O)[C@H]4O)c2=O)C(=O)N2[C@@H](C3)O[C@@H]3CCC34C[C@@H]24)c(F)c1. The van der Waals surface area contributed by atoms with Gasteiger partial charge in [-0.3, -0.25) is 14.4 Å². The van der Waals surface area contributed by atoms with E-state index < -0.39 is 95.2 Å². The molecule has 3 aliphatic heterocycles. The molecule has 14 nitrogen and oxygen atoms in total. The maximum Gasteiger partial charge on any atom is 0.335 e. The van der Waals surface area contributed by atoms with Crippen LogP contribution in [0.4, 0.5) is 8.78 Å². The fraction of sp³-hybridized carbons (Fsp3) is 0.517. The van der Waals surface area contributed by atoms with E-state index in [0.717, 1.165) is 31.2 Å². The van der Waals surface area contributed by atoms with Crippen LogP contribution in [0.2, 0.25) is 0 Å². The number of hydrogen-bond acceptors (Lipinski definition) is 10. The van der Waals surface area contributed by atoms with E-state index in [1.54, 1.807) is 0 Å². The summed E-state index contributed by atoms with van der Waals surface area (Å²) in [5.74, 6) is -6.08. The second-order valence-electron chi connectivity index (χ2n) is 12.2. The summed E-state index contributed by atoms with van der Waals surface area (Å²) in [6.07, 6.45) is -7.62. The highest BCUT2D eigenvalue weighted by molar-refractivity contribution is 5.99. The summed E-state index contributed by atoms with van der Waals surface area (Å²) in [5, 5.41) is 42.7. The average Bonchev–Trinajstić information content (AvgIpc) is 3.74. The van der Waals surface area contributed by atoms with Gasteiger partial charge in [0.05, 0.1) is 12.6 Å². The van der Waals surface area contributed by atoms with Crippen LogP contribution in [0.5, 0.6) is 5.75 Å². The average molecular weight is 634 g/mol. The second-order valence-corrected chi connectivity index (χ2v) is 12.2. The molecule has 0 bridgehead atoms. The molecule has 4 fully saturated rings. The third kappa shape index (κ3) is 4.46. The van der Waals surface area contributed by atoms with Gasteiger partial charge in [-0.2, -0.15) is 0 Å². The molecule has 2 amide bonds. The number of nitrogens with one attached hydrogen (secondary N) is 1. The van der Waals surface area contributed by atoms with Gasteiger partial charge in [0.2, 0.25) is 11.7 Å². The number of carbonyl (C=O) groups excluding carboxylic acids is 2. The zero-order chi connectivity index (χ0) is 32.1. The first kappa shape index (κ1) is 29.7. The summed E-state index contributed by atoms with van der Waals surface area (Å²) in [5.41, 5.74) is -2.42. The molecule has 1 aromatic heterocycles. The molecule has 5 N–H and O–H groups in total. The van der Waals surface area contributed by atoms with Crippen molar-refractivity contribution in [1.29, 1.82) is 0 Å². The van der Waals surface area contributed by atoms with Gasteiger partial charge < -0.3 is 49.4 Å². The van der Waals surface area contributed by atoms with Crippen molar-refractivity contribution in [2.24, 2.45) is 5.41 Å². The number of fused-ring (bicyclic) bond motifs is 3. The van der Waals surface area contributed by atoms with Gasteiger partial charge in [0.15, 0.2) is 23.8 Å². The minimum absolute atomic E-state index is 0.0323. The van der Waals surface area contributed by atoms with Crippen molar-refractivity contribution in [2.45, 2.75) is 88.4 Å². The summed E-state index contributed by atoms with van der Waals surface area (Å²) >= 11 is 0. The van der Waals surface area contributed by atoms with Crippen molar-refractivity contribution < 1.29 is 57.8 Å². The van der Waals surface area contributed by atoms with Gasteiger partial charge in [-0.15, -0.1) is 0 Å². The standard InChI is InChI=1S/C29H29F2N3O11/c1-10-4-13(30)11(14(31)5-10)7-32-25(39)12-8-33-9-17-34(15-6-29(15)3-2-16(29)43-17)26(40)18(33)23(19(12)35)44-28-22(38)20(36)21(37)24(45-28)27(41)42/h4-5,8,15-17,20-22,24,28,36-38H,2-3,6-7,9H2,1H3,(H,32,39)(H,41,42)/t15-,16-,17-,20+,21+,22-,24+,28-,29?/m1/s1. The molecule has 2 aliphatic carbocycles. The van der Waals surface area contributed by atoms with Crippen molar-refractivity contribution >= 4 is 17.8 Å². The van der Waals surface area contributed by atoms with Crippen molar-refractivity contribution in [1.82, 2.24) is 14.8 Å². The number of benzene rings is 1. The molecule has 45 heavy (non-hydrogen) atoms. The maximum atomic E-state index is 14.4. The number of aromatic nitrogens is 1. The molecule has 2 saturated carbocycles. The second kappa shape index (κ2) is 10.3. The number of rotatable bonds is 6. The fourth-order valence-corrected chi connectivity index (χ4v) is 6.98. The molecule has 4 heterocycles. The third-order valence-electron chi connectivity index (χ3n) is 9.59. The number of halogens is 2. The van der Waals surface area contributed by atoms with Gasteiger partial charge in [0, 0.05) is 29.8 Å². The van der Waals surface area contributed by atoms with Crippen LogP contribution in [0.25, 0.3) is 0 Å². The highest BCUT2D eigenvalue weighted by Crippen LogP contribution is 2.67. The molecule has 1 aromatic carbocycles. The number of pyridine rings is 1. The molecule has 0 radical (unpaired) electrons. The van der Waals surface area contributed by atoms with E-state index in [1.165, 1.54) is 16.4 Å². The number of aliphatic hydroxyl groups is 3. The van der Waals surface area contributed by atoms with E-state index in [-0.39, 0.29) is 29.8 Å². The summed E-state index contributed by atoms with van der Waals surface area (Å²) < 4.78 is 47.1. The third-order valence-corrected chi connectivity index (χ3v) is 9.59. The number of aryl methyl sites for hydroxylation is 1. The number of aliphatic carboxylic acids is 1. The maximum absolute atomic E-state index is 14.4. The lowest BCUT2D eigenvalue weighted by molar-refractivity contribution is -0.271. The van der Waals surface area contributed by atoms with Crippen LogP contribution in [0, 0.1) is 24.0 Å². The van der Waals surface area contributed by atoms with Crippen LogP contribution < -0.4 is 15.5 Å². The Balaban J connectivity index is 1.27. The molecule has 7 rings (SSSR count). The molecule has 1 unspecified atom stereocenters. The van der Waals surface area contributed by atoms with E-state index >= 15 is 0 Å². The Morgan fingerprint density at radius 3 is 2.47 bits per heavy atom. The molecule has 2 aromatic rings. The largest absolute Gasteiger partial charge is 0.479 e. The number of carbonyl (C=O) groups is 3. The first-order chi connectivity index (χ1) is 21.3. The van der Waals surface area contributed by atoms with E-state index in [1.807, 2.05) is 0 Å². The highest BCUT2D eigenvalue weighted by Gasteiger charge is 2.72. The van der Waals surface area contributed by atoms with Gasteiger partial charge in [-0.05, 0) is 43.9 Å². The van der Waals surface area contributed by atoms with E-state index in [9.17, 15) is 48.4 Å². The number of ether oxygens (including phenoxy) is 3. The molecular formula is C29H29F2N3O11. The number of amides is 2. The molecule has 1 spiro atoms. The Morgan fingerprint density at radius 1 is 1.11 bits per heavy atom. The lowest BCUT2D eigenvalue weighted by Crippen LogP contribution is -2.62. The van der Waals surface area contributed by atoms with Gasteiger partial charge in [-0.25, -0.2) is 13.6 Å². The number of nitrogens with zero attached hydrogens (tertiary/aromatic N) is 2. The quantitative estimate of drug-likeness (QED) is 0.272. The Labute approximate surface area is 252 Å². The Bertz CT molecular complexity index is 1680. The lowest BCUT2D eigenvalue weighted by atomic mass is 9.76. The van der Waals surface area contributed by atoms with Crippen LogP contribution in [0.15, 0.2) is 23.1 Å². The topological polar surface area (TPSA) is 197 Å². The number of carboxylic acids is 1. The Kier molecular flexibility index (Phi) is 6.79. The minimum Gasteiger partial charge on any atom is -0.479 e. The van der Waals surface area contributed by atoms with E-state index in [4.69, 9.17) is 14.2 Å². The lowest BCUT2D eigenvalue weighted by Gasteiger charge is -2.51. The monoisotopic (exact) mass is 633 g/mol. The summed E-state index contributed by atoms with van der Waals surface area (Å²) in [6, 6.07) is 2.01. The normalized spacial score (nSPS) is 34.4. The van der Waals surface area contributed by atoms with Gasteiger partial charge in [0.1, 0.15) is 35.5 Å². The molecule has 9 atom stereocenters. The highest BCUT2D eigenvalue weighted by atomic mass is 19.1. The van der Waals surface area contributed by atoms with Crippen molar-refractivity contribution in [3.05, 3.63) is 62.6 Å². The predicted molar refractivity (Wildman–Crippen MR) is 143 cm³/mol. The molecular weight excluding hydrogens is 604 g/mol. The summed E-state index contributed by atoms with van der Waals surface area (Å²) in [6.45, 7) is 0.824. The van der Waals surface area contributed by atoms with E-state index in [2.05, 4.69) is 5.32 Å². The zero-order valence-corrected chi connectivity index (χ0v) is 23.7. The van der Waals surface area contributed by atoms with Crippen LogP contribution >= 0.6 is 0 Å². The Hall–Kier alpha value is -3.96. The van der Waals surface area contributed by atoms with Crippen LogP contribution in [0.3, 0.4) is 0 Å².